The molecule has 19 heteroatoms. The van der Waals surface area contributed by atoms with Crippen molar-refractivity contribution in [3.05, 3.63) is 135 Å². The summed E-state index contributed by atoms with van der Waals surface area (Å²) in [7, 11) is 1.66. The number of unbranched alkanes of at least 4 members (excludes halogenated alkanes) is 1. The SMILES string of the molecule is Cc1cc(Cl)cc(-c2ccnc3cc(CN4C(=O)C5C[C@H]5C4=O)sc23)c1CN1[C@@H](C)CN(Cc2cnn(CCCCSc3ccc(Cc4nc(C(=O)N[C@H]5COc6ccccc6N(C)C5=O)n[nH]4)cc3)c2)C[C@@H]1C. The number of thiophene rings is 1. The molecule has 4 amide bonds. The first-order valence-electron chi connectivity index (χ1n) is 25.3. The Morgan fingerprint density at radius 3 is 2.50 bits per heavy atom. The van der Waals surface area contributed by atoms with Gasteiger partial charge in [0.1, 0.15) is 24.2 Å². The van der Waals surface area contributed by atoms with Crippen molar-refractivity contribution in [2.45, 2.75) is 95.7 Å². The smallest absolute Gasteiger partial charge is 0.291 e. The number of H-pyrrole nitrogens is 1. The van der Waals surface area contributed by atoms with Crippen LogP contribution in [0.4, 0.5) is 5.69 Å². The number of aromatic nitrogens is 6. The standard InChI is InChI=1S/C55H58ClN11O5S2/c1-32-19-37(56)21-41(40-15-16-57-45-22-39(74-50(40)45)29-67-53(69)42-23-43(42)54(67)70)44(32)30-66-33(2)25-64(26-34(66)3)27-36-24-58-65(28-36)17-7-8-18-73-38-13-11-35(12-14-38)20-49-60-51(62-61-49)52(68)59-46-31-72-48-10-6-5-9-47(48)63(4)55(46)71/h5-6,9-16,19,21-22,24,28,33-34,42-43,46H,7-8,17-18,20,23,25-27,29-31H2,1-4H3,(H,59,68)(H,60,61,62)/t33-,34-,42+,43?,46-/m0/s1. The first-order chi connectivity index (χ1) is 35.8. The molecule has 7 heterocycles. The minimum absolute atomic E-state index is 0.00531. The number of imide groups is 1. The quantitative estimate of drug-likeness (QED) is 0.0510. The highest BCUT2D eigenvalue weighted by Gasteiger charge is 2.58. The van der Waals surface area contributed by atoms with E-state index in [-0.39, 0.29) is 42.0 Å². The number of nitrogens with one attached hydrogen (secondary N) is 2. The number of halogens is 1. The van der Waals surface area contributed by atoms with Crippen LogP contribution in [0.3, 0.4) is 0 Å². The molecule has 0 bridgehead atoms. The van der Waals surface area contributed by atoms with Crippen LogP contribution in [0.2, 0.25) is 5.02 Å². The molecule has 7 aromatic rings. The molecule has 3 fully saturated rings. The van der Waals surface area contributed by atoms with E-state index in [1.807, 2.05) is 42.4 Å². The minimum Gasteiger partial charge on any atom is -0.489 e. The van der Waals surface area contributed by atoms with E-state index in [9.17, 15) is 19.2 Å². The lowest BCUT2D eigenvalue weighted by atomic mass is 9.94. The molecule has 1 unspecified atom stereocenters. The van der Waals surface area contributed by atoms with Gasteiger partial charge in [0, 0.05) is 96.6 Å². The number of benzene rings is 3. The summed E-state index contributed by atoms with van der Waals surface area (Å²) < 4.78 is 8.93. The lowest BCUT2D eigenvalue weighted by Crippen LogP contribution is -2.55. The van der Waals surface area contributed by atoms with Crippen molar-refractivity contribution in [1.29, 1.82) is 0 Å². The number of aryl methyl sites for hydroxylation is 2. The number of hydrogen-bond acceptors (Lipinski definition) is 13. The van der Waals surface area contributed by atoms with Gasteiger partial charge in [0.05, 0.1) is 40.5 Å². The molecule has 1 aliphatic carbocycles. The van der Waals surface area contributed by atoms with Gasteiger partial charge in [0.2, 0.25) is 17.6 Å². The van der Waals surface area contributed by atoms with Crippen molar-refractivity contribution in [2.24, 2.45) is 11.8 Å². The van der Waals surface area contributed by atoms with Crippen LogP contribution in [0.25, 0.3) is 21.3 Å². The number of amides is 4. The number of carbonyl (C=O) groups is 4. The molecule has 74 heavy (non-hydrogen) atoms. The number of likely N-dealkylation sites (N-methyl/N-ethyl adjacent to an activating group) is 1. The van der Waals surface area contributed by atoms with Gasteiger partial charge in [-0.25, -0.2) is 4.98 Å². The zero-order valence-corrected chi connectivity index (χ0v) is 44.2. The average Bonchev–Trinajstić information content (AvgIpc) is 3.60. The number of fused-ring (bicyclic) bond motifs is 3. The van der Waals surface area contributed by atoms with Crippen LogP contribution >= 0.6 is 34.7 Å². The van der Waals surface area contributed by atoms with Crippen molar-refractivity contribution >= 4 is 74.2 Å². The molecule has 4 aliphatic rings. The highest BCUT2D eigenvalue weighted by Crippen LogP contribution is 2.48. The van der Waals surface area contributed by atoms with Gasteiger partial charge < -0.3 is 15.0 Å². The second kappa shape index (κ2) is 21.1. The fourth-order valence-corrected chi connectivity index (χ4v) is 13.1. The number of hydrogen-bond donors (Lipinski definition) is 2. The summed E-state index contributed by atoms with van der Waals surface area (Å²) in [5, 5.41) is 15.1. The van der Waals surface area contributed by atoms with Crippen LogP contribution in [0.5, 0.6) is 5.75 Å². The van der Waals surface area contributed by atoms with Crippen LogP contribution in [0.1, 0.15) is 76.7 Å². The summed E-state index contributed by atoms with van der Waals surface area (Å²) in [6.07, 6.45) is 9.32. The van der Waals surface area contributed by atoms with Crippen molar-refractivity contribution in [2.75, 3.05) is 37.4 Å². The zero-order valence-electron chi connectivity index (χ0n) is 41.8. The van der Waals surface area contributed by atoms with Gasteiger partial charge in [-0.3, -0.25) is 48.6 Å². The molecule has 2 N–H and O–H groups in total. The van der Waals surface area contributed by atoms with Crippen molar-refractivity contribution in [3.63, 3.8) is 0 Å². The zero-order chi connectivity index (χ0) is 51.2. The Labute approximate surface area is 442 Å². The monoisotopic (exact) mass is 1050 g/mol. The molecule has 4 aromatic heterocycles. The Hall–Kier alpha value is -6.44. The lowest BCUT2D eigenvalue weighted by molar-refractivity contribution is -0.142. The average molecular weight is 1050 g/mol. The summed E-state index contributed by atoms with van der Waals surface area (Å²) in [5.74, 6) is 0.973. The van der Waals surface area contributed by atoms with Gasteiger partial charge in [-0.2, -0.15) is 5.10 Å². The van der Waals surface area contributed by atoms with E-state index in [4.69, 9.17) is 26.4 Å². The molecule has 3 aliphatic heterocycles. The molecule has 0 radical (unpaired) electrons. The van der Waals surface area contributed by atoms with E-state index >= 15 is 0 Å². The first-order valence-corrected chi connectivity index (χ1v) is 27.5. The van der Waals surface area contributed by atoms with E-state index in [0.717, 1.165) is 88.7 Å². The van der Waals surface area contributed by atoms with Crippen molar-refractivity contribution in [1.82, 2.24) is 50.0 Å². The van der Waals surface area contributed by atoms with Crippen LogP contribution in [0, 0.1) is 18.8 Å². The van der Waals surface area contributed by atoms with Gasteiger partial charge >= 0.3 is 0 Å². The summed E-state index contributed by atoms with van der Waals surface area (Å²) >= 11 is 10.2. The lowest BCUT2D eigenvalue weighted by Gasteiger charge is -2.45. The van der Waals surface area contributed by atoms with Gasteiger partial charge in [-0.05, 0) is 117 Å². The second-order valence-corrected chi connectivity index (χ2v) is 22.8. The van der Waals surface area contributed by atoms with E-state index in [2.05, 4.69) is 104 Å². The minimum atomic E-state index is -0.879. The third-order valence-electron chi connectivity index (χ3n) is 14.7. The maximum Gasteiger partial charge on any atom is 0.291 e. The van der Waals surface area contributed by atoms with E-state index in [1.54, 1.807) is 30.5 Å². The summed E-state index contributed by atoms with van der Waals surface area (Å²) in [4.78, 5) is 71.0. The predicted molar refractivity (Wildman–Crippen MR) is 286 cm³/mol. The maximum absolute atomic E-state index is 13.1. The number of piperidine rings is 1. The molecular weight excluding hydrogens is 994 g/mol. The van der Waals surface area contributed by atoms with Crippen molar-refractivity contribution in [3.8, 4) is 16.9 Å². The number of likely N-dealkylation sites (tertiary alicyclic amines) is 1. The Morgan fingerprint density at radius 2 is 1.70 bits per heavy atom. The molecule has 16 nitrogen and oxygen atoms in total. The van der Waals surface area contributed by atoms with E-state index in [0.29, 0.717) is 53.8 Å². The fraction of sp³-hybridized carbons (Fsp3) is 0.382. The second-order valence-electron chi connectivity index (χ2n) is 20.1. The number of carbonyl (C=O) groups excluding carboxylic acids is 4. The molecule has 0 spiro atoms. The highest BCUT2D eigenvalue weighted by molar-refractivity contribution is 7.99. The Morgan fingerprint density at radius 1 is 0.919 bits per heavy atom. The van der Waals surface area contributed by atoms with Gasteiger partial charge in [0.25, 0.3) is 11.8 Å². The third kappa shape index (κ3) is 10.5. The Balaban J connectivity index is 0.625. The number of rotatable bonds is 17. The van der Waals surface area contributed by atoms with Crippen LogP contribution in [-0.2, 0) is 47.0 Å². The van der Waals surface area contributed by atoms with E-state index < -0.39 is 11.9 Å². The maximum atomic E-state index is 13.1. The van der Waals surface area contributed by atoms with E-state index in [1.165, 1.54) is 25.8 Å². The van der Waals surface area contributed by atoms with Crippen molar-refractivity contribution < 1.29 is 23.9 Å². The number of para-hydroxylation sites is 2. The number of anilines is 1. The van der Waals surface area contributed by atoms with Crippen LogP contribution in [0.15, 0.2) is 96.3 Å². The number of pyridine rings is 1. The molecule has 382 valence electrons. The Bertz CT molecular complexity index is 3230. The van der Waals surface area contributed by atoms with Gasteiger partial charge in [-0.1, -0.05) is 35.9 Å². The summed E-state index contributed by atoms with van der Waals surface area (Å²) in [6, 6.07) is 23.6. The topological polar surface area (TPSA) is 175 Å². The number of ether oxygens (including phenoxy) is 1. The predicted octanol–water partition coefficient (Wildman–Crippen LogP) is 8.16. The summed E-state index contributed by atoms with van der Waals surface area (Å²) in [5.41, 5.74) is 8.32. The van der Waals surface area contributed by atoms with Gasteiger partial charge in [0.15, 0.2) is 0 Å². The highest BCUT2D eigenvalue weighted by atomic mass is 35.5. The van der Waals surface area contributed by atoms with Gasteiger partial charge in [-0.15, -0.1) is 28.2 Å². The number of piperazine rings is 1. The number of nitrogens with zero attached hydrogens (tertiary/aromatic N) is 9. The third-order valence-corrected chi connectivity index (χ3v) is 17.2. The fourth-order valence-electron chi connectivity index (χ4n) is 10.7. The molecular formula is C55H58ClN11O5S2. The molecule has 3 aromatic carbocycles. The normalized spacial score (nSPS) is 21.0. The first kappa shape index (κ1) is 49.8. The molecule has 11 rings (SSSR count). The molecule has 1 saturated carbocycles. The molecule has 5 atom stereocenters. The largest absolute Gasteiger partial charge is 0.489 e. The number of aromatic amines is 1. The van der Waals surface area contributed by atoms with Crippen LogP contribution < -0.4 is 15.0 Å². The van der Waals surface area contributed by atoms with Crippen LogP contribution in [-0.4, -0.2) is 119 Å². The molecule has 2 saturated heterocycles. The summed E-state index contributed by atoms with van der Waals surface area (Å²) in [6.45, 7) is 11.5. The Kier molecular flexibility index (Phi) is 14.2. The number of thioether (sulfide) groups is 1.